The topological polar surface area (TPSA) is 72.2 Å². The molecule has 0 aliphatic rings. The van der Waals surface area contributed by atoms with Crippen LogP contribution >= 0.6 is 0 Å². The van der Waals surface area contributed by atoms with Crippen molar-refractivity contribution in [1.29, 1.82) is 0 Å². The lowest BCUT2D eigenvalue weighted by Crippen LogP contribution is -2.42. The number of nitrogens with two attached hydrogens (primary N) is 1. The molecule has 1 aromatic carbocycles. The van der Waals surface area contributed by atoms with Crippen LogP contribution in [0.1, 0.15) is 17.3 Å². The maximum absolute atomic E-state index is 12.8. The maximum Gasteiger partial charge on any atom is 0.252 e. The van der Waals surface area contributed by atoms with Gasteiger partial charge in [0, 0.05) is 11.6 Å². The lowest BCUT2D eigenvalue weighted by Gasteiger charge is -2.09. The van der Waals surface area contributed by atoms with Crippen molar-refractivity contribution in [2.75, 3.05) is 0 Å². The van der Waals surface area contributed by atoms with E-state index in [0.717, 1.165) is 12.1 Å². The molecule has 6 heteroatoms. The molecular weight excluding hydrogens is 218 g/mol. The zero-order valence-corrected chi connectivity index (χ0v) is 8.46. The van der Waals surface area contributed by atoms with Crippen LogP contribution in [0.4, 0.5) is 8.78 Å². The molecule has 0 saturated heterocycles. The molecule has 0 radical (unpaired) electrons. The minimum atomic E-state index is -0.904. The summed E-state index contributed by atoms with van der Waals surface area (Å²) in [7, 11) is 0. The maximum atomic E-state index is 12.8. The molecule has 1 rings (SSSR count). The van der Waals surface area contributed by atoms with Crippen molar-refractivity contribution < 1.29 is 18.4 Å². The second-order valence-corrected chi connectivity index (χ2v) is 3.26. The van der Waals surface area contributed by atoms with Crippen LogP contribution in [0.5, 0.6) is 0 Å². The van der Waals surface area contributed by atoms with Crippen LogP contribution in [-0.4, -0.2) is 17.9 Å². The third kappa shape index (κ3) is 3.01. The molecule has 86 valence electrons. The third-order valence-electron chi connectivity index (χ3n) is 1.90. The summed E-state index contributed by atoms with van der Waals surface area (Å²) in [5.41, 5.74) is 4.72. The summed E-state index contributed by atoms with van der Waals surface area (Å²) in [6, 6.07) is 1.48. The Labute approximate surface area is 90.4 Å². The Balaban J connectivity index is 2.84. The average Bonchev–Trinajstić information content (AvgIpc) is 2.15. The molecule has 4 nitrogen and oxygen atoms in total. The van der Waals surface area contributed by atoms with E-state index in [-0.39, 0.29) is 5.56 Å². The van der Waals surface area contributed by atoms with Crippen LogP contribution in [0.2, 0.25) is 0 Å². The highest BCUT2D eigenvalue weighted by Crippen LogP contribution is 2.07. The first-order valence-electron chi connectivity index (χ1n) is 4.46. The smallest absolute Gasteiger partial charge is 0.252 e. The highest BCUT2D eigenvalue weighted by molar-refractivity contribution is 5.97. The van der Waals surface area contributed by atoms with Crippen LogP contribution in [0.15, 0.2) is 18.2 Å². The minimum absolute atomic E-state index is 0.203. The molecule has 0 spiro atoms. The van der Waals surface area contributed by atoms with Crippen molar-refractivity contribution in [1.82, 2.24) is 5.32 Å². The largest absolute Gasteiger partial charge is 0.368 e. The number of nitrogens with one attached hydrogen (secondary N) is 1. The van der Waals surface area contributed by atoms with Crippen LogP contribution < -0.4 is 11.1 Å². The predicted octanol–water partition coefficient (Wildman–Crippen LogP) is 0.568. The standard InChI is InChI=1S/C10H10F2N2O2/c1-5(9(13)15)14-10(16)6-2-7(11)4-8(12)3-6/h2-5H,1H3,(H2,13,15)(H,14,16)/t5-/m1/s1. The summed E-state index contributed by atoms with van der Waals surface area (Å²) in [5.74, 6) is -3.22. The first-order chi connectivity index (χ1) is 7.40. The molecule has 0 aliphatic carbocycles. The predicted molar refractivity (Wildman–Crippen MR) is 52.5 cm³/mol. The zero-order chi connectivity index (χ0) is 12.3. The quantitative estimate of drug-likeness (QED) is 0.793. The number of halogens is 2. The average molecular weight is 228 g/mol. The van der Waals surface area contributed by atoms with Gasteiger partial charge in [-0.1, -0.05) is 0 Å². The molecular formula is C10H10F2N2O2. The second kappa shape index (κ2) is 4.69. The first-order valence-corrected chi connectivity index (χ1v) is 4.46. The number of carbonyl (C=O) groups excluding carboxylic acids is 2. The second-order valence-electron chi connectivity index (χ2n) is 3.26. The fraction of sp³-hybridized carbons (Fsp3) is 0.200. The van der Waals surface area contributed by atoms with Crippen molar-refractivity contribution in [3.05, 3.63) is 35.4 Å². The summed E-state index contributed by atoms with van der Waals surface area (Å²) in [6.07, 6.45) is 0. The van der Waals surface area contributed by atoms with Gasteiger partial charge in [0.2, 0.25) is 5.91 Å². The number of carbonyl (C=O) groups is 2. The zero-order valence-electron chi connectivity index (χ0n) is 8.46. The van der Waals surface area contributed by atoms with Crippen LogP contribution in [0, 0.1) is 11.6 Å². The Kier molecular flexibility index (Phi) is 3.55. The molecule has 1 atom stereocenters. The molecule has 0 fully saturated rings. The van der Waals surface area contributed by atoms with Crippen molar-refractivity contribution in [2.24, 2.45) is 5.73 Å². The van der Waals surface area contributed by atoms with Crippen LogP contribution in [0.25, 0.3) is 0 Å². The molecule has 0 saturated carbocycles. The van der Waals surface area contributed by atoms with E-state index in [1.807, 2.05) is 0 Å². The van der Waals surface area contributed by atoms with Crippen molar-refractivity contribution in [3.8, 4) is 0 Å². The normalized spacial score (nSPS) is 11.9. The summed E-state index contributed by atoms with van der Waals surface area (Å²) in [4.78, 5) is 22.1. The van der Waals surface area contributed by atoms with E-state index in [4.69, 9.17) is 5.73 Å². The Morgan fingerprint density at radius 2 is 1.75 bits per heavy atom. The number of primary amides is 1. The highest BCUT2D eigenvalue weighted by atomic mass is 19.1. The van der Waals surface area contributed by atoms with Gasteiger partial charge in [0.15, 0.2) is 0 Å². The summed E-state index contributed by atoms with van der Waals surface area (Å²) in [5, 5.41) is 2.20. The van der Waals surface area contributed by atoms with Gasteiger partial charge in [-0.25, -0.2) is 8.78 Å². The first kappa shape index (κ1) is 12.1. The highest BCUT2D eigenvalue weighted by Gasteiger charge is 2.14. The number of hydrogen-bond donors (Lipinski definition) is 2. The Hall–Kier alpha value is -1.98. The van der Waals surface area contributed by atoms with Gasteiger partial charge >= 0.3 is 0 Å². The molecule has 16 heavy (non-hydrogen) atoms. The SMILES string of the molecule is C[C@@H](NC(=O)c1cc(F)cc(F)c1)C(N)=O. The van der Waals surface area contributed by atoms with E-state index in [2.05, 4.69) is 5.32 Å². The van der Waals surface area contributed by atoms with Gasteiger partial charge in [-0.15, -0.1) is 0 Å². The van der Waals surface area contributed by atoms with Crippen LogP contribution in [-0.2, 0) is 4.79 Å². The van der Waals surface area contributed by atoms with Gasteiger partial charge in [0.05, 0.1) is 0 Å². The molecule has 0 heterocycles. The molecule has 0 aromatic heterocycles. The Morgan fingerprint density at radius 1 is 1.25 bits per heavy atom. The number of benzene rings is 1. The van der Waals surface area contributed by atoms with E-state index in [1.165, 1.54) is 6.92 Å². The van der Waals surface area contributed by atoms with E-state index in [0.29, 0.717) is 6.07 Å². The minimum Gasteiger partial charge on any atom is -0.368 e. The lowest BCUT2D eigenvalue weighted by atomic mass is 10.2. The number of amides is 2. The van der Waals surface area contributed by atoms with E-state index in [9.17, 15) is 18.4 Å². The van der Waals surface area contributed by atoms with E-state index < -0.39 is 29.5 Å². The molecule has 0 bridgehead atoms. The van der Waals surface area contributed by atoms with E-state index >= 15 is 0 Å². The van der Waals surface area contributed by atoms with Crippen molar-refractivity contribution >= 4 is 11.8 Å². The molecule has 1 aromatic rings. The van der Waals surface area contributed by atoms with Gasteiger partial charge in [0.25, 0.3) is 5.91 Å². The fourth-order valence-corrected chi connectivity index (χ4v) is 1.04. The number of rotatable bonds is 3. The summed E-state index contributed by atoms with van der Waals surface area (Å²) < 4.78 is 25.5. The molecule has 0 aliphatic heterocycles. The number of hydrogen-bond acceptors (Lipinski definition) is 2. The lowest BCUT2D eigenvalue weighted by molar-refractivity contribution is -0.119. The van der Waals surface area contributed by atoms with E-state index in [1.54, 1.807) is 0 Å². The Bertz CT molecular complexity index is 415. The van der Waals surface area contributed by atoms with Gasteiger partial charge < -0.3 is 11.1 Å². The molecule has 2 amide bonds. The third-order valence-corrected chi connectivity index (χ3v) is 1.90. The monoisotopic (exact) mass is 228 g/mol. The summed E-state index contributed by atoms with van der Waals surface area (Å²) in [6.45, 7) is 1.37. The van der Waals surface area contributed by atoms with Crippen molar-refractivity contribution in [2.45, 2.75) is 13.0 Å². The summed E-state index contributed by atoms with van der Waals surface area (Å²) >= 11 is 0. The molecule has 3 N–H and O–H groups in total. The van der Waals surface area contributed by atoms with Gasteiger partial charge in [0.1, 0.15) is 17.7 Å². The van der Waals surface area contributed by atoms with Gasteiger partial charge in [-0.3, -0.25) is 9.59 Å². The molecule has 0 unspecified atom stereocenters. The van der Waals surface area contributed by atoms with Crippen molar-refractivity contribution in [3.63, 3.8) is 0 Å². The Morgan fingerprint density at radius 3 is 2.19 bits per heavy atom. The van der Waals surface area contributed by atoms with Gasteiger partial charge in [-0.05, 0) is 19.1 Å². The van der Waals surface area contributed by atoms with Gasteiger partial charge in [-0.2, -0.15) is 0 Å². The van der Waals surface area contributed by atoms with Crippen LogP contribution in [0.3, 0.4) is 0 Å². The fourth-order valence-electron chi connectivity index (χ4n) is 1.04.